The second-order valence-electron chi connectivity index (χ2n) is 6.58. The molecule has 144 valence electrons. The largest absolute Gasteiger partial charge is 0.480 e. The number of nitrogens with zero attached hydrogens (tertiary/aromatic N) is 3. The van der Waals surface area contributed by atoms with Crippen LogP contribution in [0.4, 0.5) is 5.82 Å². The minimum Gasteiger partial charge on any atom is -0.480 e. The molecule has 1 aromatic heterocycles. The summed E-state index contributed by atoms with van der Waals surface area (Å²) in [6.07, 6.45) is 5.01. The lowest BCUT2D eigenvalue weighted by Gasteiger charge is -2.42. The van der Waals surface area contributed by atoms with Crippen molar-refractivity contribution in [3.63, 3.8) is 0 Å². The molecule has 0 atom stereocenters. The summed E-state index contributed by atoms with van der Waals surface area (Å²) in [6.45, 7) is 3.16. The lowest BCUT2D eigenvalue weighted by Crippen LogP contribution is -2.51. The van der Waals surface area contributed by atoms with E-state index >= 15 is 0 Å². The van der Waals surface area contributed by atoms with Gasteiger partial charge in [-0.25, -0.2) is 0 Å². The summed E-state index contributed by atoms with van der Waals surface area (Å²) in [5.74, 6) is 0.309. The molecule has 0 unspecified atom stereocenters. The van der Waals surface area contributed by atoms with Crippen molar-refractivity contribution in [1.82, 2.24) is 14.9 Å². The summed E-state index contributed by atoms with van der Waals surface area (Å²) in [7, 11) is 0. The van der Waals surface area contributed by atoms with Crippen LogP contribution in [0.25, 0.3) is 0 Å². The Labute approximate surface area is 163 Å². The van der Waals surface area contributed by atoms with Gasteiger partial charge in [0.15, 0.2) is 0 Å². The lowest BCUT2D eigenvalue weighted by atomic mass is 9.85. The van der Waals surface area contributed by atoms with E-state index in [0.29, 0.717) is 29.4 Å². The third kappa shape index (κ3) is 5.55. The number of nitrogens with one attached hydrogen (secondary N) is 1. The number of carbonyl (C=O) groups is 1. The zero-order chi connectivity index (χ0) is 19.2. The van der Waals surface area contributed by atoms with Crippen LogP contribution < -0.4 is 10.1 Å². The van der Waals surface area contributed by atoms with Crippen molar-refractivity contribution in [2.24, 2.45) is 0 Å². The molecular formula is C19H23ClN4O3. The maximum atomic E-state index is 10.9. The number of rotatable bonds is 9. The smallest absolute Gasteiger partial charge is 0.317 e. The van der Waals surface area contributed by atoms with Gasteiger partial charge < -0.3 is 15.2 Å². The number of carboxylic acids is 1. The van der Waals surface area contributed by atoms with Crippen LogP contribution in [-0.4, -0.2) is 51.1 Å². The number of hydrogen-bond donors (Lipinski definition) is 2. The van der Waals surface area contributed by atoms with Gasteiger partial charge in [0.05, 0.1) is 18.9 Å². The quantitative estimate of drug-likeness (QED) is 0.680. The molecule has 0 radical (unpaired) electrons. The second-order valence-corrected chi connectivity index (χ2v) is 7.02. The van der Waals surface area contributed by atoms with Gasteiger partial charge in [0, 0.05) is 17.1 Å². The van der Waals surface area contributed by atoms with Crippen LogP contribution in [-0.2, 0) is 11.4 Å². The lowest BCUT2D eigenvalue weighted by molar-refractivity contribution is -0.139. The van der Waals surface area contributed by atoms with E-state index in [0.717, 1.165) is 24.9 Å². The first-order chi connectivity index (χ1) is 13.0. The first kappa shape index (κ1) is 19.4. The summed E-state index contributed by atoms with van der Waals surface area (Å²) in [5.41, 5.74) is 0.961. The topological polar surface area (TPSA) is 87.6 Å². The van der Waals surface area contributed by atoms with Crippen molar-refractivity contribution in [1.29, 1.82) is 0 Å². The number of carboxylic acid groups (broad SMARTS) is 1. The van der Waals surface area contributed by atoms with Crippen molar-refractivity contribution in [3.8, 4) is 5.88 Å². The first-order valence-corrected chi connectivity index (χ1v) is 9.33. The third-order valence-corrected chi connectivity index (χ3v) is 4.85. The van der Waals surface area contributed by atoms with E-state index in [1.165, 1.54) is 0 Å². The highest BCUT2D eigenvalue weighted by Crippen LogP contribution is 2.28. The molecule has 1 saturated carbocycles. The van der Waals surface area contributed by atoms with Gasteiger partial charge in [-0.05, 0) is 37.1 Å². The normalized spacial score (nSPS) is 18.8. The van der Waals surface area contributed by atoms with Gasteiger partial charge in [-0.2, -0.15) is 4.98 Å². The maximum absolute atomic E-state index is 10.9. The van der Waals surface area contributed by atoms with Gasteiger partial charge in [0.25, 0.3) is 0 Å². The van der Waals surface area contributed by atoms with Crippen molar-refractivity contribution in [3.05, 3.63) is 47.2 Å². The van der Waals surface area contributed by atoms with E-state index in [2.05, 4.69) is 15.3 Å². The molecule has 0 amide bonds. The zero-order valence-electron chi connectivity index (χ0n) is 15.1. The van der Waals surface area contributed by atoms with Gasteiger partial charge in [0.2, 0.25) is 5.88 Å². The number of aromatic nitrogens is 2. The molecule has 1 fully saturated rings. The Bertz CT molecular complexity index is 783. The van der Waals surface area contributed by atoms with E-state index in [1.54, 1.807) is 12.4 Å². The predicted octanol–water partition coefficient (Wildman–Crippen LogP) is 3.06. The molecule has 2 aromatic rings. The molecular weight excluding hydrogens is 368 g/mol. The molecule has 0 aliphatic heterocycles. The van der Waals surface area contributed by atoms with Crippen molar-refractivity contribution in [2.45, 2.75) is 38.5 Å². The zero-order valence-corrected chi connectivity index (χ0v) is 15.9. The SMILES string of the molecule is CCN(CC(=O)O)C1CC(Nc2cncc(OCc3cccc(Cl)c3)n2)C1. The Balaban J connectivity index is 1.49. The monoisotopic (exact) mass is 390 g/mol. The Morgan fingerprint density at radius 3 is 2.93 bits per heavy atom. The molecule has 7 nitrogen and oxygen atoms in total. The van der Waals surface area contributed by atoms with Crippen LogP contribution in [0.3, 0.4) is 0 Å². The van der Waals surface area contributed by atoms with E-state index in [-0.39, 0.29) is 12.6 Å². The molecule has 0 spiro atoms. The van der Waals surface area contributed by atoms with E-state index in [9.17, 15) is 4.79 Å². The standard InChI is InChI=1S/C19H23ClN4O3/c1-2-24(11-19(25)26)16-7-15(8-16)22-17-9-21-10-18(23-17)27-12-13-4-3-5-14(20)6-13/h3-6,9-10,15-16H,2,7-8,11-12H2,1H3,(H,22,23)(H,25,26). The van der Waals surface area contributed by atoms with Gasteiger partial charge >= 0.3 is 5.97 Å². The van der Waals surface area contributed by atoms with Gasteiger partial charge in [-0.15, -0.1) is 0 Å². The van der Waals surface area contributed by atoms with Gasteiger partial charge in [-0.3, -0.25) is 14.7 Å². The Morgan fingerprint density at radius 1 is 1.41 bits per heavy atom. The molecule has 0 bridgehead atoms. The van der Waals surface area contributed by atoms with Crippen LogP contribution in [0.15, 0.2) is 36.7 Å². The molecule has 1 aromatic carbocycles. The summed E-state index contributed by atoms with van der Waals surface area (Å²) < 4.78 is 5.70. The number of anilines is 1. The minimum atomic E-state index is -0.788. The fourth-order valence-corrected chi connectivity index (χ4v) is 3.37. The number of hydrogen-bond acceptors (Lipinski definition) is 6. The van der Waals surface area contributed by atoms with E-state index in [4.69, 9.17) is 21.4 Å². The van der Waals surface area contributed by atoms with Gasteiger partial charge in [-0.1, -0.05) is 30.7 Å². The molecule has 1 heterocycles. The molecule has 2 N–H and O–H groups in total. The van der Waals surface area contributed by atoms with Crippen molar-refractivity contribution >= 4 is 23.4 Å². The van der Waals surface area contributed by atoms with Gasteiger partial charge in [0.1, 0.15) is 12.4 Å². The average molecular weight is 391 g/mol. The van der Waals surface area contributed by atoms with Crippen LogP contribution in [0, 0.1) is 0 Å². The summed E-state index contributed by atoms with van der Waals surface area (Å²) in [5, 5.41) is 13.0. The van der Waals surface area contributed by atoms with Crippen LogP contribution in [0.2, 0.25) is 5.02 Å². The summed E-state index contributed by atoms with van der Waals surface area (Å²) in [4.78, 5) is 21.5. The summed E-state index contributed by atoms with van der Waals surface area (Å²) in [6, 6.07) is 8.03. The number of ether oxygens (including phenoxy) is 1. The fourth-order valence-electron chi connectivity index (χ4n) is 3.16. The van der Waals surface area contributed by atoms with E-state index < -0.39 is 5.97 Å². The van der Waals surface area contributed by atoms with E-state index in [1.807, 2.05) is 36.1 Å². The molecule has 0 saturated heterocycles. The number of aliphatic carboxylic acids is 1. The van der Waals surface area contributed by atoms with Crippen molar-refractivity contribution in [2.75, 3.05) is 18.4 Å². The van der Waals surface area contributed by atoms with Crippen LogP contribution >= 0.6 is 11.6 Å². The highest BCUT2D eigenvalue weighted by molar-refractivity contribution is 6.30. The Kier molecular flexibility index (Phi) is 6.47. The summed E-state index contributed by atoms with van der Waals surface area (Å²) >= 11 is 5.97. The number of likely N-dealkylation sites (N-methyl/N-ethyl adjacent to an activating group) is 1. The fraction of sp³-hybridized carbons (Fsp3) is 0.421. The van der Waals surface area contributed by atoms with Crippen molar-refractivity contribution < 1.29 is 14.6 Å². The molecule has 8 heteroatoms. The Hall–Kier alpha value is -2.38. The third-order valence-electron chi connectivity index (χ3n) is 4.61. The minimum absolute atomic E-state index is 0.0838. The second kappa shape index (κ2) is 9.01. The van der Waals surface area contributed by atoms with Crippen LogP contribution in [0.1, 0.15) is 25.3 Å². The average Bonchev–Trinajstić information content (AvgIpc) is 2.61. The highest BCUT2D eigenvalue weighted by atomic mass is 35.5. The molecule has 1 aliphatic carbocycles. The molecule has 1 aliphatic rings. The van der Waals surface area contributed by atoms with Crippen LogP contribution in [0.5, 0.6) is 5.88 Å². The highest BCUT2D eigenvalue weighted by Gasteiger charge is 2.34. The predicted molar refractivity (Wildman–Crippen MR) is 103 cm³/mol. The molecule has 3 rings (SSSR count). The molecule has 27 heavy (non-hydrogen) atoms. The number of benzene rings is 1. The first-order valence-electron chi connectivity index (χ1n) is 8.95. The maximum Gasteiger partial charge on any atom is 0.317 e. The Morgan fingerprint density at radius 2 is 2.22 bits per heavy atom. The number of halogens is 1.